The van der Waals surface area contributed by atoms with Crippen LogP contribution in [-0.2, 0) is 4.79 Å². The maximum atomic E-state index is 11.0. The van der Waals surface area contributed by atoms with E-state index >= 15 is 0 Å². The average molecular weight is 241 g/mol. The molecule has 16 heavy (non-hydrogen) atoms. The molecule has 0 saturated carbocycles. The van der Waals surface area contributed by atoms with Crippen LogP contribution < -0.4 is 9.47 Å². The first-order valence-corrected chi connectivity index (χ1v) is 5.23. The van der Waals surface area contributed by atoms with Gasteiger partial charge < -0.3 is 9.47 Å². The molecule has 0 aliphatic rings. The molecule has 1 aromatic rings. The molecule has 4 heteroatoms. The van der Waals surface area contributed by atoms with Gasteiger partial charge in [-0.25, -0.2) is 0 Å². The van der Waals surface area contributed by atoms with Crippen LogP contribution in [0.5, 0.6) is 11.5 Å². The summed E-state index contributed by atoms with van der Waals surface area (Å²) < 4.78 is 10.2. The molecule has 1 aromatic carbocycles. The van der Waals surface area contributed by atoms with Gasteiger partial charge in [-0.1, -0.05) is 0 Å². The van der Waals surface area contributed by atoms with Gasteiger partial charge in [0.15, 0.2) is 5.78 Å². The largest absolute Gasteiger partial charge is 0.497 e. The minimum atomic E-state index is -0.139. The molecular formula is C12H13ClO3. The van der Waals surface area contributed by atoms with E-state index < -0.39 is 0 Å². The first kappa shape index (κ1) is 12.6. The highest BCUT2D eigenvalue weighted by atomic mass is 35.5. The number of alkyl halides is 1. The molecule has 86 valence electrons. The highest BCUT2D eigenvalue weighted by Gasteiger charge is 2.02. The third-order valence-electron chi connectivity index (χ3n) is 2.02. The summed E-state index contributed by atoms with van der Waals surface area (Å²) in [5, 5.41) is 0. The van der Waals surface area contributed by atoms with Crippen LogP contribution in [-0.4, -0.2) is 25.9 Å². The van der Waals surface area contributed by atoms with Gasteiger partial charge in [-0.15, -0.1) is 11.6 Å². The van der Waals surface area contributed by atoms with Gasteiger partial charge in [0.05, 0.1) is 20.1 Å². The quantitative estimate of drug-likeness (QED) is 0.586. The van der Waals surface area contributed by atoms with Crippen LogP contribution in [0, 0.1) is 0 Å². The SMILES string of the molecule is COc1ccc(C=CC(=O)CCl)c(OC)c1. The second-order valence-electron chi connectivity index (χ2n) is 3.04. The Morgan fingerprint density at radius 1 is 1.38 bits per heavy atom. The molecule has 0 atom stereocenters. The van der Waals surface area contributed by atoms with Crippen molar-refractivity contribution in [1.82, 2.24) is 0 Å². The summed E-state index contributed by atoms with van der Waals surface area (Å²) in [6, 6.07) is 5.37. The molecule has 1 rings (SSSR count). The highest BCUT2D eigenvalue weighted by molar-refractivity contribution is 6.29. The standard InChI is InChI=1S/C12H13ClO3/c1-15-11-6-4-9(12(7-11)16-2)3-5-10(14)8-13/h3-7H,8H2,1-2H3. The van der Waals surface area contributed by atoms with Crippen molar-refractivity contribution < 1.29 is 14.3 Å². The Kier molecular flexibility index (Phi) is 4.86. The molecular weight excluding hydrogens is 228 g/mol. The summed E-state index contributed by atoms with van der Waals surface area (Å²) >= 11 is 5.39. The number of carbonyl (C=O) groups is 1. The number of halogens is 1. The Morgan fingerprint density at radius 3 is 2.69 bits per heavy atom. The van der Waals surface area contributed by atoms with E-state index in [-0.39, 0.29) is 11.7 Å². The average Bonchev–Trinajstić information content (AvgIpc) is 2.35. The van der Waals surface area contributed by atoms with Gasteiger partial charge in [0.2, 0.25) is 0 Å². The number of hydrogen-bond acceptors (Lipinski definition) is 3. The van der Waals surface area contributed by atoms with Gasteiger partial charge in [0, 0.05) is 11.6 Å². The van der Waals surface area contributed by atoms with Gasteiger partial charge in [0.1, 0.15) is 11.5 Å². The normalized spacial score (nSPS) is 10.4. The minimum Gasteiger partial charge on any atom is -0.497 e. The van der Waals surface area contributed by atoms with E-state index in [9.17, 15) is 4.79 Å². The summed E-state index contributed by atoms with van der Waals surface area (Å²) in [4.78, 5) is 11.0. The van der Waals surface area contributed by atoms with Crippen molar-refractivity contribution in [3.8, 4) is 11.5 Å². The Balaban J connectivity index is 2.95. The Morgan fingerprint density at radius 2 is 2.12 bits per heavy atom. The van der Waals surface area contributed by atoms with E-state index in [1.165, 1.54) is 6.08 Å². The van der Waals surface area contributed by atoms with Crippen molar-refractivity contribution in [1.29, 1.82) is 0 Å². The zero-order valence-electron chi connectivity index (χ0n) is 9.20. The minimum absolute atomic E-state index is 0.0189. The molecule has 3 nitrogen and oxygen atoms in total. The number of carbonyl (C=O) groups excluding carboxylic acids is 1. The lowest BCUT2D eigenvalue weighted by Crippen LogP contribution is -1.93. The van der Waals surface area contributed by atoms with Crippen molar-refractivity contribution in [2.75, 3.05) is 20.1 Å². The molecule has 0 radical (unpaired) electrons. The number of benzene rings is 1. The first-order chi connectivity index (χ1) is 7.71. The highest BCUT2D eigenvalue weighted by Crippen LogP contribution is 2.25. The summed E-state index contributed by atoms with van der Waals surface area (Å²) in [5.74, 6) is 1.20. The summed E-state index contributed by atoms with van der Waals surface area (Å²) in [7, 11) is 3.15. The Labute approximate surface area is 99.6 Å². The lowest BCUT2D eigenvalue weighted by molar-refractivity contribution is -0.112. The van der Waals surface area contributed by atoms with Crippen LogP contribution in [0.4, 0.5) is 0 Å². The lowest BCUT2D eigenvalue weighted by atomic mass is 10.1. The molecule has 0 aliphatic heterocycles. The predicted molar refractivity (Wildman–Crippen MR) is 64.3 cm³/mol. The molecule has 0 aliphatic carbocycles. The van der Waals surface area contributed by atoms with E-state index in [1.807, 2.05) is 6.07 Å². The maximum absolute atomic E-state index is 11.0. The number of hydrogen-bond donors (Lipinski definition) is 0. The summed E-state index contributed by atoms with van der Waals surface area (Å²) in [6.07, 6.45) is 3.10. The van der Waals surface area contributed by atoms with Gasteiger partial charge in [-0.3, -0.25) is 4.79 Å². The smallest absolute Gasteiger partial charge is 0.170 e. The zero-order chi connectivity index (χ0) is 12.0. The van der Waals surface area contributed by atoms with Crippen molar-refractivity contribution in [3.63, 3.8) is 0 Å². The number of allylic oxidation sites excluding steroid dienone is 1. The van der Waals surface area contributed by atoms with Crippen LogP contribution in [0.3, 0.4) is 0 Å². The van der Waals surface area contributed by atoms with Crippen molar-refractivity contribution in [2.45, 2.75) is 0 Å². The van der Waals surface area contributed by atoms with E-state index in [0.29, 0.717) is 11.5 Å². The maximum Gasteiger partial charge on any atom is 0.170 e. The van der Waals surface area contributed by atoms with Crippen LogP contribution >= 0.6 is 11.6 Å². The molecule has 0 heterocycles. The predicted octanol–water partition coefficient (Wildman–Crippen LogP) is 2.52. The fourth-order valence-corrected chi connectivity index (χ4v) is 1.27. The zero-order valence-corrected chi connectivity index (χ0v) is 9.95. The third-order valence-corrected chi connectivity index (χ3v) is 2.28. The van der Waals surface area contributed by atoms with E-state index in [1.54, 1.807) is 32.4 Å². The molecule has 0 aromatic heterocycles. The molecule has 0 unspecified atom stereocenters. The number of ether oxygens (including phenoxy) is 2. The number of methoxy groups -OCH3 is 2. The van der Waals surface area contributed by atoms with Gasteiger partial charge in [-0.2, -0.15) is 0 Å². The van der Waals surface area contributed by atoms with Crippen LogP contribution in [0.2, 0.25) is 0 Å². The monoisotopic (exact) mass is 240 g/mol. The van der Waals surface area contributed by atoms with Gasteiger partial charge in [0.25, 0.3) is 0 Å². The van der Waals surface area contributed by atoms with Crippen molar-refractivity contribution in [2.24, 2.45) is 0 Å². The molecule has 0 amide bonds. The van der Waals surface area contributed by atoms with Crippen molar-refractivity contribution >= 4 is 23.5 Å². The molecule has 0 N–H and O–H groups in total. The van der Waals surface area contributed by atoms with E-state index in [2.05, 4.69) is 0 Å². The van der Waals surface area contributed by atoms with Crippen LogP contribution in [0.25, 0.3) is 6.08 Å². The van der Waals surface area contributed by atoms with Crippen molar-refractivity contribution in [3.05, 3.63) is 29.8 Å². The van der Waals surface area contributed by atoms with Gasteiger partial charge >= 0.3 is 0 Å². The second kappa shape index (κ2) is 6.18. The second-order valence-corrected chi connectivity index (χ2v) is 3.31. The summed E-state index contributed by atoms with van der Waals surface area (Å²) in [5.41, 5.74) is 0.807. The first-order valence-electron chi connectivity index (χ1n) is 4.70. The fourth-order valence-electron chi connectivity index (χ4n) is 1.18. The van der Waals surface area contributed by atoms with E-state index in [0.717, 1.165) is 5.56 Å². The number of rotatable bonds is 5. The molecule has 0 spiro atoms. The molecule has 0 fully saturated rings. The van der Waals surface area contributed by atoms with E-state index in [4.69, 9.17) is 21.1 Å². The Bertz CT molecular complexity index is 399. The Hall–Kier alpha value is -1.48. The third kappa shape index (κ3) is 3.28. The number of ketones is 1. The summed E-state index contributed by atoms with van der Waals surface area (Å²) in [6.45, 7) is 0. The topological polar surface area (TPSA) is 35.5 Å². The fraction of sp³-hybridized carbons (Fsp3) is 0.250. The molecule has 0 saturated heterocycles. The lowest BCUT2D eigenvalue weighted by Gasteiger charge is -2.06. The van der Waals surface area contributed by atoms with Crippen LogP contribution in [0.1, 0.15) is 5.56 Å². The molecule has 0 bridgehead atoms. The van der Waals surface area contributed by atoms with Gasteiger partial charge in [-0.05, 0) is 24.3 Å². The van der Waals surface area contributed by atoms with Crippen LogP contribution in [0.15, 0.2) is 24.3 Å².